The zero-order chi connectivity index (χ0) is 19.6. The first-order chi connectivity index (χ1) is 12.8. The molecule has 1 aromatic heterocycles. The molecule has 0 spiro atoms. The van der Waals surface area contributed by atoms with Crippen LogP contribution in [0.5, 0.6) is 5.75 Å². The molecule has 0 amide bonds. The van der Waals surface area contributed by atoms with E-state index in [9.17, 15) is 17.2 Å². The van der Waals surface area contributed by atoms with Crippen LogP contribution in [0.4, 0.5) is 13.9 Å². The van der Waals surface area contributed by atoms with E-state index in [0.29, 0.717) is 27.1 Å². The van der Waals surface area contributed by atoms with Crippen LogP contribution in [-0.4, -0.2) is 20.5 Å². The molecule has 0 aliphatic carbocycles. The van der Waals surface area contributed by atoms with Crippen molar-refractivity contribution in [3.63, 3.8) is 0 Å². The van der Waals surface area contributed by atoms with Crippen LogP contribution in [0.25, 0.3) is 0 Å². The fourth-order valence-electron chi connectivity index (χ4n) is 2.28. The zero-order valence-corrected chi connectivity index (χ0v) is 17.1. The van der Waals surface area contributed by atoms with E-state index < -0.39 is 21.7 Å². The van der Waals surface area contributed by atoms with Crippen LogP contribution >= 0.6 is 27.3 Å². The Morgan fingerprint density at radius 1 is 1.19 bits per heavy atom. The Bertz CT molecular complexity index is 1090. The quantitative estimate of drug-likeness (QED) is 0.567. The van der Waals surface area contributed by atoms with Gasteiger partial charge in [-0.1, -0.05) is 6.07 Å². The standard InChI is InChI=1S/C17H13BrF2N2O3S2/c1-25-16-5-3-12(8-13(16)18)27(23,24)22-17-21-9-11(26-17)6-10-2-4-14(19)15(20)7-10/h2-5,7-9H,6H2,1H3,(H,21,22). The van der Waals surface area contributed by atoms with Gasteiger partial charge in [0.25, 0.3) is 10.0 Å². The monoisotopic (exact) mass is 474 g/mol. The lowest BCUT2D eigenvalue weighted by molar-refractivity contribution is 0.411. The molecule has 27 heavy (non-hydrogen) atoms. The van der Waals surface area contributed by atoms with Gasteiger partial charge in [0, 0.05) is 17.5 Å². The average Bonchev–Trinajstić information content (AvgIpc) is 3.04. The van der Waals surface area contributed by atoms with Gasteiger partial charge < -0.3 is 4.74 Å². The summed E-state index contributed by atoms with van der Waals surface area (Å²) in [6.45, 7) is 0. The van der Waals surface area contributed by atoms with E-state index in [1.165, 1.54) is 37.6 Å². The number of ether oxygens (including phenoxy) is 1. The van der Waals surface area contributed by atoms with Gasteiger partial charge in [-0.3, -0.25) is 4.72 Å². The largest absolute Gasteiger partial charge is 0.496 e. The number of hydrogen-bond donors (Lipinski definition) is 1. The minimum atomic E-state index is -3.83. The molecule has 3 rings (SSSR count). The smallest absolute Gasteiger partial charge is 0.263 e. The second kappa shape index (κ2) is 7.91. The number of sulfonamides is 1. The van der Waals surface area contributed by atoms with Gasteiger partial charge in [-0.05, 0) is 51.8 Å². The lowest BCUT2D eigenvalue weighted by Gasteiger charge is -2.08. The summed E-state index contributed by atoms with van der Waals surface area (Å²) in [7, 11) is -2.35. The minimum Gasteiger partial charge on any atom is -0.496 e. The van der Waals surface area contributed by atoms with E-state index in [0.717, 1.165) is 23.5 Å². The summed E-state index contributed by atoms with van der Waals surface area (Å²) in [5, 5.41) is 0.180. The maximum Gasteiger partial charge on any atom is 0.263 e. The van der Waals surface area contributed by atoms with Gasteiger partial charge in [0.1, 0.15) is 5.75 Å². The van der Waals surface area contributed by atoms with Crippen molar-refractivity contribution in [3.8, 4) is 5.75 Å². The first-order valence-corrected chi connectivity index (χ1v) is 10.6. The molecule has 0 fully saturated rings. The van der Waals surface area contributed by atoms with Gasteiger partial charge >= 0.3 is 0 Å². The van der Waals surface area contributed by atoms with Crippen molar-refractivity contribution >= 4 is 42.4 Å². The van der Waals surface area contributed by atoms with Crippen LogP contribution in [0, 0.1) is 11.6 Å². The van der Waals surface area contributed by atoms with E-state index in [4.69, 9.17) is 4.74 Å². The van der Waals surface area contributed by atoms with Crippen LogP contribution in [0.1, 0.15) is 10.4 Å². The van der Waals surface area contributed by atoms with Crippen LogP contribution in [0.15, 0.2) is 52.0 Å². The van der Waals surface area contributed by atoms with Crippen LogP contribution in [0.3, 0.4) is 0 Å². The van der Waals surface area contributed by atoms with Crippen LogP contribution in [-0.2, 0) is 16.4 Å². The highest BCUT2D eigenvalue weighted by Crippen LogP contribution is 2.29. The Morgan fingerprint density at radius 2 is 1.96 bits per heavy atom. The molecule has 2 aromatic carbocycles. The number of aromatic nitrogens is 1. The Balaban J connectivity index is 1.76. The van der Waals surface area contributed by atoms with Crippen molar-refractivity contribution in [1.82, 2.24) is 4.98 Å². The van der Waals surface area contributed by atoms with Crippen molar-refractivity contribution in [3.05, 3.63) is 69.1 Å². The molecule has 0 radical (unpaired) electrons. The average molecular weight is 475 g/mol. The molecule has 0 saturated carbocycles. The number of methoxy groups -OCH3 is 1. The van der Waals surface area contributed by atoms with Gasteiger partial charge in [0.15, 0.2) is 16.8 Å². The van der Waals surface area contributed by atoms with E-state index in [1.54, 1.807) is 0 Å². The van der Waals surface area contributed by atoms with Crippen LogP contribution < -0.4 is 9.46 Å². The predicted octanol–water partition coefficient (Wildman–Crippen LogP) is 4.58. The summed E-state index contributed by atoms with van der Waals surface area (Å²) in [6, 6.07) is 8.01. The third kappa shape index (κ3) is 4.63. The highest BCUT2D eigenvalue weighted by atomic mass is 79.9. The number of benzene rings is 2. The molecule has 0 aliphatic heterocycles. The molecular formula is C17H13BrF2N2O3S2. The first kappa shape index (κ1) is 19.7. The van der Waals surface area contributed by atoms with Gasteiger partial charge in [0.2, 0.25) is 0 Å². The maximum atomic E-state index is 13.3. The maximum absolute atomic E-state index is 13.3. The number of anilines is 1. The first-order valence-electron chi connectivity index (χ1n) is 7.53. The molecule has 5 nitrogen and oxygen atoms in total. The van der Waals surface area contributed by atoms with Crippen LogP contribution in [0.2, 0.25) is 0 Å². The van der Waals surface area contributed by atoms with Crippen molar-refractivity contribution < 1.29 is 21.9 Å². The molecule has 1 heterocycles. The number of thiazole rings is 1. The number of halogens is 3. The lowest BCUT2D eigenvalue weighted by atomic mass is 10.1. The van der Waals surface area contributed by atoms with Crippen molar-refractivity contribution in [2.75, 3.05) is 11.8 Å². The van der Waals surface area contributed by atoms with Crippen molar-refractivity contribution in [2.45, 2.75) is 11.3 Å². The molecule has 1 N–H and O–H groups in total. The topological polar surface area (TPSA) is 68.3 Å². The molecule has 10 heteroatoms. The number of nitrogens with zero attached hydrogens (tertiary/aromatic N) is 1. The molecular weight excluding hydrogens is 462 g/mol. The van der Waals surface area contributed by atoms with Gasteiger partial charge in [-0.25, -0.2) is 22.2 Å². The molecule has 142 valence electrons. The van der Waals surface area contributed by atoms with E-state index >= 15 is 0 Å². The Labute approximate surface area is 167 Å². The van der Waals surface area contributed by atoms with E-state index in [-0.39, 0.29) is 10.0 Å². The molecule has 0 bridgehead atoms. The summed E-state index contributed by atoms with van der Waals surface area (Å²) in [5.74, 6) is -1.33. The molecule has 0 saturated heterocycles. The van der Waals surface area contributed by atoms with Crippen molar-refractivity contribution in [2.24, 2.45) is 0 Å². The Kier molecular flexibility index (Phi) is 5.78. The van der Waals surface area contributed by atoms with Gasteiger partial charge in [-0.15, -0.1) is 11.3 Å². The summed E-state index contributed by atoms with van der Waals surface area (Å²) in [5.41, 5.74) is 0.561. The second-order valence-corrected chi connectivity index (χ2v) is 9.11. The highest BCUT2D eigenvalue weighted by Gasteiger charge is 2.18. The van der Waals surface area contributed by atoms with E-state index in [1.807, 2.05) is 0 Å². The zero-order valence-electron chi connectivity index (χ0n) is 13.9. The molecule has 3 aromatic rings. The molecule has 0 atom stereocenters. The SMILES string of the molecule is COc1ccc(S(=O)(=O)Nc2ncc(Cc3ccc(F)c(F)c3)s2)cc1Br. The van der Waals surface area contributed by atoms with E-state index in [2.05, 4.69) is 25.6 Å². The van der Waals surface area contributed by atoms with Gasteiger partial charge in [-0.2, -0.15) is 0 Å². The summed E-state index contributed by atoms with van der Waals surface area (Å²) < 4.78 is 59.3. The number of rotatable bonds is 6. The predicted molar refractivity (Wildman–Crippen MR) is 103 cm³/mol. The molecule has 0 unspecified atom stereocenters. The van der Waals surface area contributed by atoms with Gasteiger partial charge in [0.05, 0.1) is 16.5 Å². The third-order valence-electron chi connectivity index (χ3n) is 3.57. The number of nitrogens with one attached hydrogen (secondary N) is 1. The summed E-state index contributed by atoms with van der Waals surface area (Å²) in [6.07, 6.45) is 1.80. The number of hydrogen-bond acceptors (Lipinski definition) is 5. The Hall–Kier alpha value is -2.04. The third-order valence-corrected chi connectivity index (χ3v) is 6.57. The lowest BCUT2D eigenvalue weighted by Crippen LogP contribution is -2.12. The molecule has 0 aliphatic rings. The fraction of sp³-hybridized carbons (Fsp3) is 0.118. The Morgan fingerprint density at radius 3 is 2.63 bits per heavy atom. The van der Waals surface area contributed by atoms with Crippen molar-refractivity contribution in [1.29, 1.82) is 0 Å². The second-order valence-electron chi connectivity index (χ2n) is 5.46. The minimum absolute atomic E-state index is 0.0486. The summed E-state index contributed by atoms with van der Waals surface area (Å²) >= 11 is 4.37. The fourth-order valence-corrected chi connectivity index (χ4v) is 5.08. The summed E-state index contributed by atoms with van der Waals surface area (Å²) in [4.78, 5) is 4.80. The normalized spacial score (nSPS) is 11.4. The highest BCUT2D eigenvalue weighted by molar-refractivity contribution is 9.10.